The molecule has 0 aliphatic heterocycles. The third kappa shape index (κ3) is 6.67. The Kier molecular flexibility index (Phi) is 6.12. The van der Waals surface area contributed by atoms with Crippen LogP contribution in [0.15, 0.2) is 0 Å². The minimum Gasteiger partial charge on any atom is -0.292 e. The quantitative estimate of drug-likeness (QED) is 0.500. The summed E-state index contributed by atoms with van der Waals surface area (Å²) < 4.78 is 42.0. The molecule has 0 radical (unpaired) electrons. The lowest BCUT2D eigenvalue weighted by Gasteiger charge is -2.01. The van der Waals surface area contributed by atoms with E-state index in [1.54, 1.807) is 6.92 Å². The summed E-state index contributed by atoms with van der Waals surface area (Å²) >= 11 is 0. The fourth-order valence-electron chi connectivity index (χ4n) is 0.666. The van der Waals surface area contributed by atoms with Crippen molar-refractivity contribution in [1.29, 1.82) is 0 Å². The van der Waals surface area contributed by atoms with Gasteiger partial charge in [0.2, 0.25) is 5.78 Å². The molecule has 0 aliphatic carbocycles. The van der Waals surface area contributed by atoms with Crippen LogP contribution in [0.1, 0.15) is 20.3 Å². The van der Waals surface area contributed by atoms with Crippen molar-refractivity contribution in [2.75, 3.05) is 12.9 Å². The molecule has 0 aromatic carbocycles. The van der Waals surface area contributed by atoms with E-state index in [1.165, 1.54) is 0 Å². The van der Waals surface area contributed by atoms with Crippen LogP contribution in [0.5, 0.6) is 0 Å². The number of carbonyl (C=O) groups is 1. The third-order valence-corrected chi connectivity index (χ3v) is 3.20. The Labute approximate surface area is 89.9 Å². The Hall–Kier alpha value is -0.360. The molecule has 0 spiro atoms. The van der Waals surface area contributed by atoms with Gasteiger partial charge in [0.1, 0.15) is 6.61 Å². The molecule has 2 unspecified atom stereocenters. The number of Topliss-reactive ketones (excluding diaryl/α,β-unsaturated/α-hetero) is 1. The fourth-order valence-corrected chi connectivity index (χ4v) is 2.68. The number of ketones is 1. The molecule has 0 rings (SSSR count). The standard InChI is InChI=1S/C7H14O6PS/c1-4-5-12-14(9)7(6(2)8)13-15(3,10)11/h7H,4-5H2,1-3H3/q+1. The highest BCUT2D eigenvalue weighted by atomic mass is 32.2. The van der Waals surface area contributed by atoms with Crippen LogP contribution in [-0.2, 0) is 28.2 Å². The third-order valence-electron chi connectivity index (χ3n) is 1.23. The van der Waals surface area contributed by atoms with E-state index in [2.05, 4.69) is 4.18 Å². The number of rotatable bonds is 7. The van der Waals surface area contributed by atoms with Crippen molar-refractivity contribution < 1.29 is 26.5 Å². The molecule has 0 saturated carbocycles. The summed E-state index contributed by atoms with van der Waals surface area (Å²) in [6.07, 6.45) is 1.40. The van der Waals surface area contributed by atoms with Gasteiger partial charge in [-0.3, -0.25) is 4.79 Å². The van der Waals surface area contributed by atoms with Gasteiger partial charge in [-0.1, -0.05) is 6.92 Å². The number of hydrogen-bond acceptors (Lipinski definition) is 6. The molecule has 0 N–H and O–H groups in total. The molecular formula is C7H14O6PS+. The van der Waals surface area contributed by atoms with Crippen LogP contribution < -0.4 is 0 Å². The molecule has 0 aromatic rings. The molecule has 0 heterocycles. The van der Waals surface area contributed by atoms with Crippen molar-refractivity contribution >= 4 is 23.9 Å². The maximum atomic E-state index is 11.3. The Balaban J connectivity index is 4.54. The Morgan fingerprint density at radius 1 is 1.47 bits per heavy atom. The van der Waals surface area contributed by atoms with Gasteiger partial charge in [-0.25, -0.2) is 4.18 Å². The second-order valence-corrected chi connectivity index (χ2v) is 5.78. The fraction of sp³-hybridized carbons (Fsp3) is 0.857. The monoisotopic (exact) mass is 257 g/mol. The second-order valence-electron chi connectivity index (χ2n) is 2.88. The molecule has 8 heteroatoms. The summed E-state index contributed by atoms with van der Waals surface area (Å²) in [6, 6.07) is 0. The van der Waals surface area contributed by atoms with Gasteiger partial charge in [0.15, 0.2) is 0 Å². The maximum Gasteiger partial charge on any atom is 0.550 e. The van der Waals surface area contributed by atoms with Crippen LogP contribution in [0, 0.1) is 0 Å². The molecule has 0 saturated heterocycles. The highest BCUT2D eigenvalue weighted by Gasteiger charge is 2.41. The van der Waals surface area contributed by atoms with E-state index in [4.69, 9.17) is 4.52 Å². The van der Waals surface area contributed by atoms with E-state index < -0.39 is 29.8 Å². The average Bonchev–Trinajstić information content (AvgIpc) is 2.08. The van der Waals surface area contributed by atoms with Gasteiger partial charge < -0.3 is 0 Å². The minimum absolute atomic E-state index is 0.187. The van der Waals surface area contributed by atoms with E-state index in [-0.39, 0.29) is 6.61 Å². The largest absolute Gasteiger partial charge is 0.550 e. The molecule has 15 heavy (non-hydrogen) atoms. The van der Waals surface area contributed by atoms with Crippen LogP contribution >= 0.6 is 8.03 Å². The lowest BCUT2D eigenvalue weighted by atomic mass is 10.5. The van der Waals surface area contributed by atoms with E-state index in [0.717, 1.165) is 13.2 Å². The van der Waals surface area contributed by atoms with E-state index >= 15 is 0 Å². The van der Waals surface area contributed by atoms with E-state index in [0.29, 0.717) is 6.42 Å². The molecule has 0 bridgehead atoms. The smallest absolute Gasteiger partial charge is 0.292 e. The topological polar surface area (TPSA) is 86.7 Å². The summed E-state index contributed by atoms with van der Waals surface area (Å²) in [7, 11) is -6.28. The van der Waals surface area contributed by atoms with Gasteiger partial charge in [-0.05, 0) is 11.0 Å². The summed E-state index contributed by atoms with van der Waals surface area (Å²) in [5.74, 6) is -2.18. The zero-order valence-corrected chi connectivity index (χ0v) is 10.5. The van der Waals surface area contributed by atoms with E-state index in [1.807, 2.05) is 0 Å². The normalized spacial score (nSPS) is 14.7. The van der Waals surface area contributed by atoms with Gasteiger partial charge in [0.05, 0.1) is 6.26 Å². The van der Waals surface area contributed by atoms with Crippen LogP contribution in [-0.4, -0.2) is 32.9 Å². The molecule has 0 aromatic heterocycles. The average molecular weight is 257 g/mol. The van der Waals surface area contributed by atoms with Gasteiger partial charge in [-0.2, -0.15) is 8.42 Å². The predicted molar refractivity (Wildman–Crippen MR) is 54.2 cm³/mol. The zero-order valence-electron chi connectivity index (χ0n) is 8.80. The van der Waals surface area contributed by atoms with Crippen LogP contribution in [0.4, 0.5) is 0 Å². The van der Waals surface area contributed by atoms with Crippen LogP contribution in [0.3, 0.4) is 0 Å². The first-order valence-electron chi connectivity index (χ1n) is 4.26. The molecule has 0 amide bonds. The highest BCUT2D eigenvalue weighted by molar-refractivity contribution is 7.86. The molecular weight excluding hydrogens is 243 g/mol. The van der Waals surface area contributed by atoms with Crippen LogP contribution in [0.25, 0.3) is 0 Å². The minimum atomic E-state index is -3.82. The van der Waals surface area contributed by atoms with Crippen molar-refractivity contribution in [2.24, 2.45) is 0 Å². The first kappa shape index (κ1) is 14.6. The molecule has 6 nitrogen and oxygen atoms in total. The first-order chi connectivity index (χ1) is 6.78. The first-order valence-corrected chi connectivity index (χ1v) is 7.32. The Bertz CT molecular complexity index is 335. The number of hydrogen-bond donors (Lipinski definition) is 0. The molecule has 0 fully saturated rings. The van der Waals surface area contributed by atoms with Crippen molar-refractivity contribution in [1.82, 2.24) is 0 Å². The van der Waals surface area contributed by atoms with Crippen LogP contribution in [0.2, 0.25) is 0 Å². The SMILES string of the molecule is CCCO[P+](=O)C(OS(C)(=O)=O)C(C)=O. The zero-order chi connectivity index (χ0) is 12.1. The summed E-state index contributed by atoms with van der Waals surface area (Å²) in [5.41, 5.74) is 0. The Morgan fingerprint density at radius 3 is 2.33 bits per heavy atom. The molecule has 2 atom stereocenters. The summed E-state index contributed by atoms with van der Waals surface area (Å²) in [4.78, 5) is 11.0. The van der Waals surface area contributed by atoms with E-state index in [9.17, 15) is 17.8 Å². The maximum absolute atomic E-state index is 11.3. The Morgan fingerprint density at radius 2 is 2.00 bits per heavy atom. The lowest BCUT2D eigenvalue weighted by molar-refractivity contribution is -0.120. The van der Waals surface area contributed by atoms with Gasteiger partial charge in [0.25, 0.3) is 10.1 Å². The van der Waals surface area contributed by atoms with Crippen molar-refractivity contribution in [3.8, 4) is 0 Å². The van der Waals surface area contributed by atoms with Gasteiger partial charge in [-0.15, -0.1) is 4.52 Å². The van der Waals surface area contributed by atoms with Gasteiger partial charge >= 0.3 is 13.9 Å². The summed E-state index contributed by atoms with van der Waals surface area (Å²) in [5, 5.41) is 0. The summed E-state index contributed by atoms with van der Waals surface area (Å²) in [6.45, 7) is 3.08. The predicted octanol–water partition coefficient (Wildman–Crippen LogP) is 1.05. The van der Waals surface area contributed by atoms with Crippen molar-refractivity contribution in [3.05, 3.63) is 0 Å². The van der Waals surface area contributed by atoms with Gasteiger partial charge in [0, 0.05) is 6.92 Å². The van der Waals surface area contributed by atoms with Crippen molar-refractivity contribution in [2.45, 2.75) is 26.1 Å². The lowest BCUT2D eigenvalue weighted by Crippen LogP contribution is -2.22. The van der Waals surface area contributed by atoms with Crippen molar-refractivity contribution in [3.63, 3.8) is 0 Å². The highest BCUT2D eigenvalue weighted by Crippen LogP contribution is 2.32. The number of carbonyl (C=O) groups excluding carboxylic acids is 1. The molecule has 88 valence electrons. The molecule has 0 aliphatic rings. The second kappa shape index (κ2) is 6.27.